The summed E-state index contributed by atoms with van der Waals surface area (Å²) < 4.78 is 22.2. The Bertz CT molecular complexity index is 1080. The molecule has 2 aromatic carbocycles. The van der Waals surface area contributed by atoms with Gasteiger partial charge in [-0.1, -0.05) is 12.1 Å². The summed E-state index contributed by atoms with van der Waals surface area (Å²) in [4.78, 5) is 17.5. The highest BCUT2D eigenvalue weighted by Crippen LogP contribution is 2.42. The second-order valence-electron chi connectivity index (χ2n) is 8.99. The first-order valence-electron chi connectivity index (χ1n) is 11.4. The third-order valence-electron chi connectivity index (χ3n) is 5.97. The Hall–Kier alpha value is -3.19. The number of benzene rings is 2. The van der Waals surface area contributed by atoms with Crippen LogP contribution in [0.3, 0.4) is 0 Å². The van der Waals surface area contributed by atoms with Crippen molar-refractivity contribution >= 4 is 17.2 Å². The standard InChI is InChI=1S/C27H36N2O5/c1-9-34-20-11-12-22-21(14-20)18(2)15-27(3,4)29(22)24(30)17-28(5)16-19-10-13-23(31-6)26(33-8)25(19)32-7/h10-15H,9,16-17H2,1-8H3. The minimum absolute atomic E-state index is 0.0149. The molecule has 0 aromatic heterocycles. The van der Waals surface area contributed by atoms with Crippen molar-refractivity contribution in [2.45, 2.75) is 39.8 Å². The molecule has 2 aromatic rings. The summed E-state index contributed by atoms with van der Waals surface area (Å²) in [5.74, 6) is 2.56. The molecule has 0 fully saturated rings. The van der Waals surface area contributed by atoms with Gasteiger partial charge in [-0.15, -0.1) is 0 Å². The predicted molar refractivity (Wildman–Crippen MR) is 135 cm³/mol. The Morgan fingerprint density at radius 1 is 1.03 bits per heavy atom. The molecule has 1 aliphatic heterocycles. The summed E-state index contributed by atoms with van der Waals surface area (Å²) in [5.41, 5.74) is 3.50. The smallest absolute Gasteiger partial charge is 0.241 e. The second kappa shape index (κ2) is 10.4. The van der Waals surface area contributed by atoms with Crippen LogP contribution >= 0.6 is 0 Å². The Balaban J connectivity index is 1.86. The van der Waals surface area contributed by atoms with Crippen molar-refractivity contribution in [3.05, 3.63) is 47.5 Å². The average Bonchev–Trinajstić information content (AvgIpc) is 2.78. The Labute approximate surface area is 202 Å². The first-order chi connectivity index (χ1) is 16.2. The van der Waals surface area contributed by atoms with Gasteiger partial charge in [-0.2, -0.15) is 0 Å². The Morgan fingerprint density at radius 2 is 1.74 bits per heavy atom. The van der Waals surface area contributed by atoms with Crippen LogP contribution in [0.4, 0.5) is 5.69 Å². The maximum atomic E-state index is 13.6. The lowest BCUT2D eigenvalue weighted by molar-refractivity contribution is -0.120. The molecule has 0 saturated heterocycles. The van der Waals surface area contributed by atoms with Gasteiger partial charge in [0.05, 0.1) is 45.7 Å². The van der Waals surface area contributed by atoms with Crippen molar-refractivity contribution in [1.29, 1.82) is 0 Å². The van der Waals surface area contributed by atoms with E-state index in [2.05, 4.69) is 26.8 Å². The van der Waals surface area contributed by atoms with Crippen molar-refractivity contribution in [3.8, 4) is 23.0 Å². The zero-order valence-electron chi connectivity index (χ0n) is 21.5. The van der Waals surface area contributed by atoms with E-state index in [9.17, 15) is 4.79 Å². The number of anilines is 1. The number of methoxy groups -OCH3 is 3. The Kier molecular flexibility index (Phi) is 7.77. The largest absolute Gasteiger partial charge is 0.494 e. The number of ether oxygens (including phenoxy) is 4. The molecule has 1 aliphatic rings. The van der Waals surface area contributed by atoms with Crippen LogP contribution in [-0.4, -0.2) is 57.9 Å². The van der Waals surface area contributed by atoms with E-state index in [-0.39, 0.29) is 12.5 Å². The average molecular weight is 469 g/mol. The number of rotatable bonds is 9. The fourth-order valence-electron chi connectivity index (χ4n) is 4.66. The molecule has 7 nitrogen and oxygen atoms in total. The Morgan fingerprint density at radius 3 is 2.35 bits per heavy atom. The molecule has 0 aliphatic carbocycles. The highest BCUT2D eigenvalue weighted by Gasteiger charge is 2.36. The molecule has 0 N–H and O–H groups in total. The van der Waals surface area contributed by atoms with Gasteiger partial charge in [-0.3, -0.25) is 9.69 Å². The molecule has 0 saturated carbocycles. The van der Waals surface area contributed by atoms with Crippen LogP contribution in [0.5, 0.6) is 23.0 Å². The normalized spacial score (nSPS) is 14.4. The van der Waals surface area contributed by atoms with Gasteiger partial charge >= 0.3 is 0 Å². The lowest BCUT2D eigenvalue weighted by Gasteiger charge is -2.42. The molecule has 0 bridgehead atoms. The number of nitrogens with zero attached hydrogens (tertiary/aromatic N) is 2. The van der Waals surface area contributed by atoms with Gasteiger partial charge in [-0.25, -0.2) is 0 Å². The van der Waals surface area contributed by atoms with E-state index < -0.39 is 5.54 Å². The lowest BCUT2D eigenvalue weighted by atomic mass is 9.88. The molecule has 1 amide bonds. The second-order valence-corrected chi connectivity index (χ2v) is 8.99. The number of hydrogen-bond acceptors (Lipinski definition) is 6. The van der Waals surface area contributed by atoms with Crippen LogP contribution in [0.15, 0.2) is 36.4 Å². The van der Waals surface area contributed by atoms with Crippen molar-refractivity contribution < 1.29 is 23.7 Å². The quantitative estimate of drug-likeness (QED) is 0.528. The number of carbonyl (C=O) groups is 1. The van der Waals surface area contributed by atoms with E-state index in [4.69, 9.17) is 18.9 Å². The monoisotopic (exact) mass is 468 g/mol. The maximum absolute atomic E-state index is 13.6. The van der Waals surface area contributed by atoms with Crippen LogP contribution < -0.4 is 23.8 Å². The first kappa shape index (κ1) is 25.4. The zero-order chi connectivity index (χ0) is 25.0. The van der Waals surface area contributed by atoms with Crippen LogP contribution in [0.2, 0.25) is 0 Å². The summed E-state index contributed by atoms with van der Waals surface area (Å²) in [6.07, 6.45) is 2.14. The van der Waals surface area contributed by atoms with Crippen molar-refractivity contribution in [1.82, 2.24) is 4.90 Å². The molecule has 3 rings (SSSR count). The summed E-state index contributed by atoms with van der Waals surface area (Å²) in [6, 6.07) is 9.70. The number of carbonyl (C=O) groups excluding carboxylic acids is 1. The van der Waals surface area contributed by atoms with Gasteiger partial charge in [0.15, 0.2) is 11.5 Å². The van der Waals surface area contributed by atoms with Gasteiger partial charge in [0.25, 0.3) is 0 Å². The molecular weight excluding hydrogens is 432 g/mol. The van der Waals surface area contributed by atoms with Gasteiger partial charge in [-0.05, 0) is 64.6 Å². The van der Waals surface area contributed by atoms with Crippen molar-refractivity contribution in [2.75, 3.05) is 46.4 Å². The molecule has 0 spiro atoms. The molecule has 184 valence electrons. The molecule has 1 heterocycles. The SMILES string of the molecule is CCOc1ccc2c(c1)C(C)=CC(C)(C)N2C(=O)CN(C)Cc1ccc(OC)c(OC)c1OC. The number of likely N-dealkylation sites (N-methyl/N-ethyl adjacent to an activating group) is 1. The zero-order valence-corrected chi connectivity index (χ0v) is 21.5. The molecular formula is C27H36N2O5. The van der Waals surface area contributed by atoms with Crippen LogP contribution in [0.25, 0.3) is 5.57 Å². The summed E-state index contributed by atoms with van der Waals surface area (Å²) >= 11 is 0. The summed E-state index contributed by atoms with van der Waals surface area (Å²) in [5, 5.41) is 0. The molecule has 34 heavy (non-hydrogen) atoms. The first-order valence-corrected chi connectivity index (χ1v) is 11.4. The maximum Gasteiger partial charge on any atom is 0.241 e. The number of allylic oxidation sites excluding steroid dienone is 1. The highest BCUT2D eigenvalue weighted by atomic mass is 16.5. The third-order valence-corrected chi connectivity index (χ3v) is 5.97. The number of fused-ring (bicyclic) bond motifs is 1. The third kappa shape index (κ3) is 4.99. The van der Waals surface area contributed by atoms with Gasteiger partial charge in [0.2, 0.25) is 11.7 Å². The van der Waals surface area contributed by atoms with E-state index in [1.54, 1.807) is 21.3 Å². The van der Waals surface area contributed by atoms with Gasteiger partial charge in [0, 0.05) is 17.7 Å². The minimum Gasteiger partial charge on any atom is -0.494 e. The van der Waals surface area contributed by atoms with Crippen LogP contribution in [0, 0.1) is 0 Å². The number of amides is 1. The fraction of sp³-hybridized carbons (Fsp3) is 0.444. The number of hydrogen-bond donors (Lipinski definition) is 0. The van der Waals surface area contributed by atoms with Crippen LogP contribution in [0.1, 0.15) is 38.8 Å². The van der Waals surface area contributed by atoms with E-state index in [0.29, 0.717) is 30.4 Å². The molecule has 0 atom stereocenters. The van der Waals surface area contributed by atoms with E-state index >= 15 is 0 Å². The van der Waals surface area contributed by atoms with Gasteiger partial charge < -0.3 is 23.8 Å². The molecule has 0 unspecified atom stereocenters. The van der Waals surface area contributed by atoms with E-state index in [1.807, 2.05) is 54.1 Å². The van der Waals surface area contributed by atoms with E-state index in [1.165, 1.54) is 0 Å². The minimum atomic E-state index is -0.455. The molecule has 0 radical (unpaired) electrons. The van der Waals surface area contributed by atoms with Crippen LogP contribution in [-0.2, 0) is 11.3 Å². The van der Waals surface area contributed by atoms with Gasteiger partial charge in [0.1, 0.15) is 5.75 Å². The van der Waals surface area contributed by atoms with E-state index in [0.717, 1.165) is 28.1 Å². The lowest BCUT2D eigenvalue weighted by Crippen LogP contribution is -2.51. The van der Waals surface area contributed by atoms with Crippen molar-refractivity contribution in [2.24, 2.45) is 0 Å². The molecule has 7 heteroatoms. The summed E-state index contributed by atoms with van der Waals surface area (Å²) in [7, 11) is 6.70. The summed E-state index contributed by atoms with van der Waals surface area (Å²) in [6.45, 7) is 9.50. The highest BCUT2D eigenvalue weighted by molar-refractivity contribution is 6.01. The fourth-order valence-corrected chi connectivity index (χ4v) is 4.66. The topological polar surface area (TPSA) is 60.5 Å². The predicted octanol–water partition coefficient (Wildman–Crippen LogP) is 4.77. The van der Waals surface area contributed by atoms with Crippen molar-refractivity contribution in [3.63, 3.8) is 0 Å².